The van der Waals surface area contributed by atoms with E-state index in [-0.39, 0.29) is 11.5 Å². The van der Waals surface area contributed by atoms with Gasteiger partial charge in [0.2, 0.25) is 0 Å². The molecule has 3 heterocycles. The third-order valence-corrected chi connectivity index (χ3v) is 5.64. The topological polar surface area (TPSA) is 71.3 Å². The largest absolute Gasteiger partial charge is 0.449 e. The average Bonchev–Trinajstić information content (AvgIpc) is 3.26. The summed E-state index contributed by atoms with van der Waals surface area (Å²) in [6, 6.07) is 4.92. The molecule has 3 aromatic rings. The Kier molecular flexibility index (Phi) is 6.42. The number of rotatable bonds is 4. The van der Waals surface area contributed by atoms with Gasteiger partial charge in [-0.2, -0.15) is 13.2 Å². The average molecular weight is 477 g/mol. The zero-order valence-electron chi connectivity index (χ0n) is 17.6. The number of anilines is 1. The molecule has 0 fully saturated rings. The minimum Gasteiger partial charge on any atom is -0.449 e. The number of carbonyl (C=O) groups is 1. The molecule has 2 amide bonds. The molecule has 0 radical (unpaired) electrons. The molecule has 0 aliphatic carbocycles. The summed E-state index contributed by atoms with van der Waals surface area (Å²) in [6.07, 6.45) is 4.94. The molecule has 1 aromatic carbocycles. The van der Waals surface area contributed by atoms with Crippen LogP contribution in [0.4, 0.5) is 23.7 Å². The van der Waals surface area contributed by atoms with E-state index < -0.39 is 17.8 Å². The second-order valence-corrected chi connectivity index (χ2v) is 8.11. The number of amides is 2. The molecule has 1 atom stereocenters. The van der Waals surface area contributed by atoms with Gasteiger partial charge >= 0.3 is 12.2 Å². The predicted octanol–water partition coefficient (Wildman–Crippen LogP) is 6.18. The molecule has 1 N–H and O–H groups in total. The van der Waals surface area contributed by atoms with Crippen molar-refractivity contribution in [3.63, 3.8) is 0 Å². The van der Waals surface area contributed by atoms with Crippen molar-refractivity contribution in [2.75, 3.05) is 11.9 Å². The zero-order valence-corrected chi connectivity index (χ0v) is 18.3. The summed E-state index contributed by atoms with van der Waals surface area (Å²) >= 11 is 6.45. The molecule has 6 nitrogen and oxygen atoms in total. The molecule has 4 rings (SSSR count). The van der Waals surface area contributed by atoms with E-state index in [4.69, 9.17) is 16.0 Å². The molecule has 0 spiro atoms. The van der Waals surface area contributed by atoms with E-state index >= 15 is 0 Å². The summed E-state index contributed by atoms with van der Waals surface area (Å²) in [5, 5.41) is 3.16. The smallest absolute Gasteiger partial charge is 0.416 e. The lowest BCUT2D eigenvalue weighted by molar-refractivity contribution is -0.138. The van der Waals surface area contributed by atoms with E-state index in [1.165, 1.54) is 30.2 Å². The molecule has 172 valence electrons. The fourth-order valence-electron chi connectivity index (χ4n) is 3.68. The van der Waals surface area contributed by atoms with Gasteiger partial charge in [-0.15, -0.1) is 0 Å². The Morgan fingerprint density at radius 2 is 2.12 bits per heavy atom. The van der Waals surface area contributed by atoms with Crippen molar-refractivity contribution in [2.45, 2.75) is 31.9 Å². The number of oxazole rings is 1. The number of halogens is 4. The van der Waals surface area contributed by atoms with Gasteiger partial charge in [0.15, 0.2) is 5.89 Å². The van der Waals surface area contributed by atoms with Gasteiger partial charge in [-0.1, -0.05) is 17.7 Å². The maximum absolute atomic E-state index is 12.9. The number of alkyl halides is 3. The van der Waals surface area contributed by atoms with Crippen LogP contribution in [0.5, 0.6) is 0 Å². The zero-order chi connectivity index (χ0) is 23.6. The minimum absolute atomic E-state index is 0.0431. The van der Waals surface area contributed by atoms with Crippen molar-refractivity contribution in [2.24, 2.45) is 0 Å². The van der Waals surface area contributed by atoms with Crippen LogP contribution in [0.2, 0.25) is 5.02 Å². The summed E-state index contributed by atoms with van der Waals surface area (Å²) in [7, 11) is 0. The normalized spacial score (nSPS) is 16.2. The van der Waals surface area contributed by atoms with E-state index in [1.807, 2.05) is 12.1 Å². The number of benzene rings is 1. The minimum atomic E-state index is -4.43. The molecule has 0 saturated heterocycles. The first-order chi connectivity index (χ1) is 15.7. The summed E-state index contributed by atoms with van der Waals surface area (Å²) in [5.74, 6) is 0.508. The maximum Gasteiger partial charge on any atom is 0.416 e. The quantitative estimate of drug-likeness (QED) is 0.488. The van der Waals surface area contributed by atoms with Crippen LogP contribution in [-0.4, -0.2) is 27.4 Å². The molecule has 0 bridgehead atoms. The van der Waals surface area contributed by atoms with Crippen molar-refractivity contribution in [3.8, 4) is 0 Å². The Morgan fingerprint density at radius 1 is 1.30 bits per heavy atom. The van der Waals surface area contributed by atoms with Gasteiger partial charge in [-0.25, -0.2) is 9.78 Å². The lowest BCUT2D eigenvalue weighted by atomic mass is 9.97. The van der Waals surface area contributed by atoms with Crippen LogP contribution in [0.25, 0.3) is 0 Å². The number of carbonyl (C=O) groups excluding carboxylic acids is 1. The number of aryl methyl sites for hydroxylation is 1. The first-order valence-corrected chi connectivity index (χ1v) is 10.5. The van der Waals surface area contributed by atoms with Crippen LogP contribution < -0.4 is 5.32 Å². The highest BCUT2D eigenvalue weighted by atomic mass is 35.5. The summed E-state index contributed by atoms with van der Waals surface area (Å²) in [6.45, 7) is 1.76. The lowest BCUT2D eigenvalue weighted by Gasteiger charge is -2.26. The second kappa shape index (κ2) is 9.27. The van der Waals surface area contributed by atoms with E-state index in [1.54, 1.807) is 18.6 Å². The fourth-order valence-corrected chi connectivity index (χ4v) is 4.01. The first kappa shape index (κ1) is 22.8. The van der Waals surface area contributed by atoms with Crippen LogP contribution >= 0.6 is 11.6 Å². The molecule has 1 unspecified atom stereocenters. The molecular weight excluding hydrogens is 457 g/mol. The van der Waals surface area contributed by atoms with E-state index in [0.29, 0.717) is 41.7 Å². The Labute approximate surface area is 193 Å². The van der Waals surface area contributed by atoms with Crippen molar-refractivity contribution in [3.05, 3.63) is 88.5 Å². The van der Waals surface area contributed by atoms with Crippen LogP contribution in [0.3, 0.4) is 0 Å². The van der Waals surface area contributed by atoms with Crippen molar-refractivity contribution in [1.82, 2.24) is 14.9 Å². The van der Waals surface area contributed by atoms with Crippen LogP contribution in [-0.2, 0) is 12.6 Å². The van der Waals surface area contributed by atoms with Gasteiger partial charge < -0.3 is 14.6 Å². The van der Waals surface area contributed by atoms with Gasteiger partial charge in [0.05, 0.1) is 28.9 Å². The third-order valence-electron chi connectivity index (χ3n) is 5.34. The molecule has 10 heteroatoms. The van der Waals surface area contributed by atoms with Gasteiger partial charge in [-0.3, -0.25) is 4.98 Å². The standard InChI is InChI=1S/C23H20ClF3N4O2/c1-14-10-17(2-3-18(14)23(25,26)27)30-22(32)31-7-4-16(5-8-31)21-19(24)11-15(13-29-21)12-20-28-6-9-33-20/h2-4,6-7,9-11,13,16H,5,8,12H2,1H3,(H,30,32). The van der Waals surface area contributed by atoms with Gasteiger partial charge in [0.25, 0.3) is 0 Å². The van der Waals surface area contributed by atoms with E-state index in [2.05, 4.69) is 15.3 Å². The van der Waals surface area contributed by atoms with Crippen LogP contribution in [0.15, 0.2) is 59.6 Å². The molecule has 1 aliphatic rings. The van der Waals surface area contributed by atoms with Gasteiger partial charge in [0.1, 0.15) is 6.26 Å². The Bertz CT molecular complexity index is 1180. The number of pyridine rings is 1. The number of aromatic nitrogens is 2. The SMILES string of the molecule is Cc1cc(NC(=O)N2C=CC(c3ncc(Cc4ncco4)cc3Cl)CC2)ccc1C(F)(F)F. The highest BCUT2D eigenvalue weighted by Gasteiger charge is 2.32. The van der Waals surface area contributed by atoms with Crippen molar-refractivity contribution in [1.29, 1.82) is 0 Å². The number of hydrogen-bond donors (Lipinski definition) is 1. The fraction of sp³-hybridized carbons (Fsp3) is 0.261. The molecular formula is C23H20ClF3N4O2. The summed E-state index contributed by atoms with van der Waals surface area (Å²) < 4.78 is 44.0. The van der Waals surface area contributed by atoms with E-state index in [9.17, 15) is 18.0 Å². The number of nitrogens with zero attached hydrogens (tertiary/aromatic N) is 3. The monoisotopic (exact) mass is 476 g/mol. The number of allylic oxidation sites excluding steroid dienone is 1. The number of urea groups is 1. The Hall–Kier alpha value is -3.33. The van der Waals surface area contributed by atoms with Crippen molar-refractivity contribution < 1.29 is 22.4 Å². The molecule has 33 heavy (non-hydrogen) atoms. The summed E-state index contributed by atoms with van der Waals surface area (Å²) in [4.78, 5) is 22.6. The number of nitrogens with one attached hydrogen (secondary N) is 1. The highest BCUT2D eigenvalue weighted by molar-refractivity contribution is 6.31. The molecule has 1 aliphatic heterocycles. The van der Waals surface area contributed by atoms with Crippen molar-refractivity contribution >= 4 is 23.3 Å². The van der Waals surface area contributed by atoms with Gasteiger partial charge in [0, 0.05) is 30.5 Å². The first-order valence-electron chi connectivity index (χ1n) is 10.2. The van der Waals surface area contributed by atoms with E-state index in [0.717, 1.165) is 11.6 Å². The third kappa shape index (κ3) is 5.36. The van der Waals surface area contributed by atoms with Crippen LogP contribution in [0, 0.1) is 6.92 Å². The van der Waals surface area contributed by atoms with Crippen LogP contribution in [0.1, 0.15) is 40.6 Å². The molecule has 0 saturated carbocycles. The highest BCUT2D eigenvalue weighted by Crippen LogP contribution is 2.33. The number of hydrogen-bond acceptors (Lipinski definition) is 4. The lowest BCUT2D eigenvalue weighted by Crippen LogP contribution is -2.34. The van der Waals surface area contributed by atoms with Gasteiger partial charge in [-0.05, 0) is 48.7 Å². The Morgan fingerprint density at radius 3 is 2.73 bits per heavy atom. The second-order valence-electron chi connectivity index (χ2n) is 7.70. The Balaban J connectivity index is 1.39. The molecule has 2 aromatic heterocycles. The maximum atomic E-state index is 12.9. The summed E-state index contributed by atoms with van der Waals surface area (Å²) in [5.41, 5.74) is 1.20. The predicted molar refractivity (Wildman–Crippen MR) is 117 cm³/mol.